The maximum Gasteiger partial charge on any atom is 0.240 e. The Morgan fingerprint density at radius 3 is 2.75 bits per heavy atom. The number of benzene rings is 1. The van der Waals surface area contributed by atoms with Crippen LogP contribution in [0.5, 0.6) is 0 Å². The van der Waals surface area contributed by atoms with E-state index in [-0.39, 0.29) is 4.90 Å². The number of aryl methyl sites for hydroxylation is 1. The van der Waals surface area contributed by atoms with E-state index < -0.39 is 10.0 Å². The molecule has 1 aromatic carbocycles. The molecule has 0 saturated carbocycles. The predicted molar refractivity (Wildman–Crippen MR) is 76.8 cm³/mol. The summed E-state index contributed by atoms with van der Waals surface area (Å²) in [5.41, 5.74) is 0.959. The smallest absolute Gasteiger partial charge is 0.240 e. The van der Waals surface area contributed by atoms with E-state index in [1.54, 1.807) is 19.1 Å². The first kappa shape index (κ1) is 16.6. The van der Waals surface area contributed by atoms with Crippen LogP contribution in [-0.4, -0.2) is 28.2 Å². The normalized spacial score (nSPS) is 11.2. The van der Waals surface area contributed by atoms with Crippen molar-refractivity contribution < 1.29 is 13.2 Å². The first-order chi connectivity index (χ1) is 9.51. The molecule has 1 aromatic rings. The molecule has 0 heterocycles. The van der Waals surface area contributed by atoms with E-state index in [2.05, 4.69) is 4.72 Å². The fourth-order valence-corrected chi connectivity index (χ4v) is 3.01. The molecule has 5 nitrogen and oxygen atoms in total. The van der Waals surface area contributed by atoms with Crippen molar-refractivity contribution >= 4 is 10.0 Å². The van der Waals surface area contributed by atoms with Crippen molar-refractivity contribution in [2.45, 2.75) is 31.6 Å². The highest BCUT2D eigenvalue weighted by atomic mass is 32.2. The largest absolute Gasteiger partial charge is 0.381 e. The fraction of sp³-hybridized carbons (Fsp3) is 0.500. The maximum absolute atomic E-state index is 12.1. The zero-order chi connectivity index (χ0) is 15.0. The van der Waals surface area contributed by atoms with E-state index in [1.807, 2.05) is 13.0 Å². The van der Waals surface area contributed by atoms with Gasteiger partial charge >= 0.3 is 0 Å². The standard InChI is InChI=1S/C14H20N2O3S/c1-3-8-19-9-4-7-16-20(17,18)14-10-13(11-15)6-5-12(14)2/h5-6,10,16H,3-4,7-9H2,1-2H3. The van der Waals surface area contributed by atoms with E-state index in [0.29, 0.717) is 37.3 Å². The Bertz CT molecular complexity index is 577. The van der Waals surface area contributed by atoms with Gasteiger partial charge in [-0.3, -0.25) is 0 Å². The number of hydrogen-bond acceptors (Lipinski definition) is 4. The molecule has 0 aromatic heterocycles. The van der Waals surface area contributed by atoms with Crippen LogP contribution in [0.25, 0.3) is 0 Å². The molecule has 6 heteroatoms. The second-order valence-corrected chi connectivity index (χ2v) is 6.19. The molecule has 0 amide bonds. The van der Waals surface area contributed by atoms with E-state index in [1.165, 1.54) is 6.07 Å². The van der Waals surface area contributed by atoms with Crippen molar-refractivity contribution in [3.05, 3.63) is 29.3 Å². The van der Waals surface area contributed by atoms with Crippen LogP contribution in [0.3, 0.4) is 0 Å². The van der Waals surface area contributed by atoms with Crippen molar-refractivity contribution in [2.75, 3.05) is 19.8 Å². The lowest BCUT2D eigenvalue weighted by Crippen LogP contribution is -2.26. The molecular weight excluding hydrogens is 276 g/mol. The van der Waals surface area contributed by atoms with Gasteiger partial charge in [0.2, 0.25) is 10.0 Å². The van der Waals surface area contributed by atoms with Gasteiger partial charge in [0.05, 0.1) is 16.5 Å². The molecule has 0 atom stereocenters. The second kappa shape index (κ2) is 8.00. The summed E-state index contributed by atoms with van der Waals surface area (Å²) in [5.74, 6) is 0. The number of rotatable bonds is 8. The summed E-state index contributed by atoms with van der Waals surface area (Å²) in [6.07, 6.45) is 1.57. The first-order valence-corrected chi connectivity index (χ1v) is 8.07. The van der Waals surface area contributed by atoms with Gasteiger partial charge in [-0.15, -0.1) is 0 Å². The highest BCUT2D eigenvalue weighted by molar-refractivity contribution is 7.89. The predicted octanol–water partition coefficient (Wildman–Crippen LogP) is 1.96. The average Bonchev–Trinajstić information content (AvgIpc) is 2.43. The van der Waals surface area contributed by atoms with Gasteiger partial charge < -0.3 is 4.74 Å². The molecule has 0 spiro atoms. The number of nitrogens with one attached hydrogen (secondary N) is 1. The van der Waals surface area contributed by atoms with Gasteiger partial charge in [0.25, 0.3) is 0 Å². The number of hydrogen-bond donors (Lipinski definition) is 1. The van der Waals surface area contributed by atoms with Gasteiger partial charge in [-0.2, -0.15) is 5.26 Å². The summed E-state index contributed by atoms with van der Waals surface area (Å²) < 4.78 is 32.1. The Labute approximate surface area is 120 Å². The van der Waals surface area contributed by atoms with Gasteiger partial charge in [0, 0.05) is 19.8 Å². The summed E-state index contributed by atoms with van der Waals surface area (Å²) >= 11 is 0. The van der Waals surface area contributed by atoms with Crippen molar-refractivity contribution in [2.24, 2.45) is 0 Å². The molecule has 0 radical (unpaired) electrons. The van der Waals surface area contributed by atoms with Crippen molar-refractivity contribution in [3.8, 4) is 6.07 Å². The van der Waals surface area contributed by atoms with Crippen LogP contribution in [0.2, 0.25) is 0 Å². The Hall–Kier alpha value is -1.42. The lowest BCUT2D eigenvalue weighted by molar-refractivity contribution is 0.133. The van der Waals surface area contributed by atoms with Gasteiger partial charge in [-0.25, -0.2) is 13.1 Å². The molecule has 1 rings (SSSR count). The van der Waals surface area contributed by atoms with Crippen LogP contribution in [0.4, 0.5) is 0 Å². The molecule has 110 valence electrons. The van der Waals surface area contributed by atoms with Crippen LogP contribution < -0.4 is 4.72 Å². The number of nitrogens with zero attached hydrogens (tertiary/aromatic N) is 1. The molecule has 1 N–H and O–H groups in total. The molecule has 0 aliphatic heterocycles. The average molecular weight is 296 g/mol. The Morgan fingerprint density at radius 1 is 1.35 bits per heavy atom. The molecule has 0 saturated heterocycles. The second-order valence-electron chi connectivity index (χ2n) is 4.46. The Balaban J connectivity index is 2.63. The molecule has 0 unspecified atom stereocenters. The maximum atomic E-state index is 12.1. The highest BCUT2D eigenvalue weighted by Gasteiger charge is 2.16. The zero-order valence-corrected chi connectivity index (χ0v) is 12.7. The van der Waals surface area contributed by atoms with Gasteiger partial charge in [-0.05, 0) is 37.5 Å². The molecule has 20 heavy (non-hydrogen) atoms. The monoisotopic (exact) mass is 296 g/mol. The lowest BCUT2D eigenvalue weighted by Gasteiger charge is -2.09. The SMILES string of the molecule is CCCOCCCNS(=O)(=O)c1cc(C#N)ccc1C. The van der Waals surface area contributed by atoms with E-state index in [9.17, 15) is 8.42 Å². The number of nitriles is 1. The van der Waals surface area contributed by atoms with E-state index in [0.717, 1.165) is 6.42 Å². The van der Waals surface area contributed by atoms with Crippen LogP contribution in [0.15, 0.2) is 23.1 Å². The minimum atomic E-state index is -3.57. The Kier molecular flexibility index (Phi) is 6.65. The van der Waals surface area contributed by atoms with Crippen LogP contribution in [0.1, 0.15) is 30.9 Å². The number of sulfonamides is 1. The summed E-state index contributed by atoms with van der Waals surface area (Å²) in [6, 6.07) is 6.58. The van der Waals surface area contributed by atoms with Crippen molar-refractivity contribution in [3.63, 3.8) is 0 Å². The highest BCUT2D eigenvalue weighted by Crippen LogP contribution is 2.16. The third kappa shape index (κ3) is 4.93. The van der Waals surface area contributed by atoms with Gasteiger partial charge in [0.15, 0.2) is 0 Å². The van der Waals surface area contributed by atoms with Gasteiger partial charge in [-0.1, -0.05) is 13.0 Å². The fourth-order valence-electron chi connectivity index (χ4n) is 1.66. The third-order valence-electron chi connectivity index (χ3n) is 2.71. The van der Waals surface area contributed by atoms with Crippen molar-refractivity contribution in [1.29, 1.82) is 5.26 Å². The van der Waals surface area contributed by atoms with Crippen LogP contribution >= 0.6 is 0 Å². The lowest BCUT2D eigenvalue weighted by atomic mass is 10.2. The summed E-state index contributed by atoms with van der Waals surface area (Å²) in [7, 11) is -3.57. The minimum absolute atomic E-state index is 0.158. The number of ether oxygens (including phenoxy) is 1. The molecule has 0 fully saturated rings. The summed E-state index contributed by atoms with van der Waals surface area (Å²) in [5, 5.41) is 8.83. The molecule has 0 bridgehead atoms. The quantitative estimate of drug-likeness (QED) is 0.744. The molecule has 0 aliphatic rings. The van der Waals surface area contributed by atoms with E-state index >= 15 is 0 Å². The minimum Gasteiger partial charge on any atom is -0.381 e. The molecule has 0 aliphatic carbocycles. The topological polar surface area (TPSA) is 79.2 Å². The van der Waals surface area contributed by atoms with Gasteiger partial charge in [0.1, 0.15) is 0 Å². The Morgan fingerprint density at radius 2 is 2.10 bits per heavy atom. The summed E-state index contributed by atoms with van der Waals surface area (Å²) in [6.45, 7) is 5.28. The van der Waals surface area contributed by atoms with Crippen LogP contribution in [-0.2, 0) is 14.8 Å². The third-order valence-corrected chi connectivity index (χ3v) is 4.32. The zero-order valence-electron chi connectivity index (χ0n) is 11.8. The van der Waals surface area contributed by atoms with E-state index in [4.69, 9.17) is 10.00 Å². The first-order valence-electron chi connectivity index (χ1n) is 6.59. The molecular formula is C14H20N2O3S. The van der Waals surface area contributed by atoms with Crippen molar-refractivity contribution in [1.82, 2.24) is 4.72 Å². The van der Waals surface area contributed by atoms with Crippen LogP contribution in [0, 0.1) is 18.3 Å². The summed E-state index contributed by atoms with van der Waals surface area (Å²) in [4.78, 5) is 0.158.